The fourth-order valence-corrected chi connectivity index (χ4v) is 4.11. The minimum absolute atomic E-state index is 0. The minimum Gasteiger partial charge on any atom is -0.327 e. The van der Waals surface area contributed by atoms with E-state index in [-0.39, 0.29) is 29.0 Å². The number of nitrogens with two attached hydrogens (primary N) is 1. The molecule has 1 atom stereocenters. The Labute approximate surface area is 129 Å². The van der Waals surface area contributed by atoms with E-state index in [9.17, 15) is 18.5 Å². The zero-order chi connectivity index (χ0) is 14.9. The topological polar surface area (TPSA) is 107 Å². The van der Waals surface area contributed by atoms with Crippen molar-refractivity contribution in [2.75, 3.05) is 13.1 Å². The average Bonchev–Trinajstić information content (AvgIpc) is 2.38. The third kappa shape index (κ3) is 3.70. The highest BCUT2D eigenvalue weighted by Crippen LogP contribution is 2.25. The number of aryl methyl sites for hydroxylation is 1. The number of nitrogens with zero attached hydrogens (tertiary/aromatic N) is 2. The van der Waals surface area contributed by atoms with Gasteiger partial charge in [0.15, 0.2) is 0 Å². The molecule has 9 heteroatoms. The van der Waals surface area contributed by atoms with Gasteiger partial charge in [-0.3, -0.25) is 10.1 Å². The molecule has 0 aliphatic carbocycles. The van der Waals surface area contributed by atoms with Crippen molar-refractivity contribution in [1.29, 1.82) is 0 Å². The molecule has 7 nitrogen and oxygen atoms in total. The molecule has 0 aromatic heterocycles. The first-order valence-electron chi connectivity index (χ1n) is 6.33. The Balaban J connectivity index is 0.00000220. The van der Waals surface area contributed by atoms with E-state index in [1.54, 1.807) is 6.92 Å². The lowest BCUT2D eigenvalue weighted by molar-refractivity contribution is -0.385. The number of sulfonamides is 1. The number of piperidine rings is 1. The van der Waals surface area contributed by atoms with Crippen LogP contribution in [-0.4, -0.2) is 36.8 Å². The van der Waals surface area contributed by atoms with Crippen LogP contribution < -0.4 is 5.73 Å². The van der Waals surface area contributed by atoms with E-state index < -0.39 is 14.9 Å². The van der Waals surface area contributed by atoms with Gasteiger partial charge in [0, 0.05) is 31.3 Å². The van der Waals surface area contributed by atoms with Crippen LogP contribution in [0.4, 0.5) is 5.69 Å². The first-order chi connectivity index (χ1) is 9.32. The lowest BCUT2D eigenvalue weighted by Crippen LogP contribution is -2.45. The van der Waals surface area contributed by atoms with E-state index in [1.165, 1.54) is 22.5 Å². The molecule has 0 saturated carbocycles. The Morgan fingerprint density at radius 3 is 2.62 bits per heavy atom. The van der Waals surface area contributed by atoms with Crippen molar-refractivity contribution < 1.29 is 13.3 Å². The second-order valence-electron chi connectivity index (χ2n) is 4.97. The maximum Gasteiger partial charge on any atom is 0.269 e. The second kappa shape index (κ2) is 6.69. The standard InChI is InChI=1S/C12H17N3O4S.ClH/c1-9-7-11(15(16)17)4-5-12(9)20(18,19)14-6-2-3-10(13)8-14;/h4-5,7,10H,2-3,6,8,13H2,1H3;1H/t10-;/m1./s1. The van der Waals surface area contributed by atoms with Crippen LogP contribution in [0.5, 0.6) is 0 Å². The van der Waals surface area contributed by atoms with Crippen LogP contribution in [-0.2, 0) is 10.0 Å². The van der Waals surface area contributed by atoms with Crippen LogP contribution in [0, 0.1) is 17.0 Å². The number of hydrogen-bond acceptors (Lipinski definition) is 5. The quantitative estimate of drug-likeness (QED) is 0.664. The molecule has 0 bridgehead atoms. The number of rotatable bonds is 3. The van der Waals surface area contributed by atoms with Gasteiger partial charge in [0.25, 0.3) is 5.69 Å². The zero-order valence-corrected chi connectivity index (χ0v) is 13.2. The number of nitro groups is 1. The van der Waals surface area contributed by atoms with Crippen molar-refractivity contribution in [3.05, 3.63) is 33.9 Å². The summed E-state index contributed by atoms with van der Waals surface area (Å²) in [5, 5.41) is 10.7. The van der Waals surface area contributed by atoms with Crippen LogP contribution >= 0.6 is 12.4 Å². The van der Waals surface area contributed by atoms with Crippen LogP contribution in [0.25, 0.3) is 0 Å². The lowest BCUT2D eigenvalue weighted by atomic mass is 10.1. The van der Waals surface area contributed by atoms with Gasteiger partial charge < -0.3 is 5.73 Å². The molecule has 1 aliphatic heterocycles. The van der Waals surface area contributed by atoms with E-state index in [0.29, 0.717) is 18.7 Å². The van der Waals surface area contributed by atoms with Gasteiger partial charge in [-0.2, -0.15) is 4.31 Å². The maximum absolute atomic E-state index is 12.5. The summed E-state index contributed by atoms with van der Waals surface area (Å²) >= 11 is 0. The molecular formula is C12H18ClN3O4S. The summed E-state index contributed by atoms with van der Waals surface area (Å²) < 4.78 is 26.4. The fourth-order valence-electron chi connectivity index (χ4n) is 2.37. The molecular weight excluding hydrogens is 318 g/mol. The second-order valence-corrected chi connectivity index (χ2v) is 6.88. The summed E-state index contributed by atoms with van der Waals surface area (Å²) in [6.07, 6.45) is 1.54. The Kier molecular flexibility index (Phi) is 5.68. The van der Waals surface area contributed by atoms with E-state index in [1.807, 2.05) is 0 Å². The van der Waals surface area contributed by atoms with Crippen molar-refractivity contribution in [1.82, 2.24) is 4.31 Å². The van der Waals surface area contributed by atoms with Crippen molar-refractivity contribution in [3.63, 3.8) is 0 Å². The number of benzene rings is 1. The summed E-state index contributed by atoms with van der Waals surface area (Å²) in [4.78, 5) is 10.3. The maximum atomic E-state index is 12.5. The molecule has 0 spiro atoms. The van der Waals surface area contributed by atoms with Gasteiger partial charge in [-0.15, -0.1) is 12.4 Å². The fraction of sp³-hybridized carbons (Fsp3) is 0.500. The van der Waals surface area contributed by atoms with Crippen molar-refractivity contribution in [2.24, 2.45) is 5.73 Å². The molecule has 118 valence electrons. The Hall–Kier alpha value is -1.22. The molecule has 1 aliphatic rings. The van der Waals surface area contributed by atoms with Gasteiger partial charge in [-0.05, 0) is 31.4 Å². The average molecular weight is 336 g/mol. The molecule has 21 heavy (non-hydrogen) atoms. The Morgan fingerprint density at radius 1 is 1.43 bits per heavy atom. The molecule has 0 unspecified atom stereocenters. The molecule has 0 amide bonds. The van der Waals surface area contributed by atoms with E-state index in [4.69, 9.17) is 5.73 Å². The predicted octanol–water partition coefficient (Wildman–Crippen LogP) is 1.44. The first-order valence-corrected chi connectivity index (χ1v) is 7.77. The third-order valence-electron chi connectivity index (χ3n) is 3.41. The van der Waals surface area contributed by atoms with Crippen molar-refractivity contribution >= 4 is 28.1 Å². The van der Waals surface area contributed by atoms with Gasteiger partial charge >= 0.3 is 0 Å². The monoisotopic (exact) mass is 335 g/mol. The molecule has 1 fully saturated rings. The minimum atomic E-state index is -3.64. The molecule has 1 heterocycles. The summed E-state index contributed by atoms with van der Waals surface area (Å²) in [5.74, 6) is 0. The summed E-state index contributed by atoms with van der Waals surface area (Å²) in [7, 11) is -3.64. The van der Waals surface area contributed by atoms with E-state index in [2.05, 4.69) is 0 Å². The highest BCUT2D eigenvalue weighted by molar-refractivity contribution is 7.89. The first kappa shape index (κ1) is 17.8. The molecule has 2 rings (SSSR count). The normalized spacial score (nSPS) is 19.8. The SMILES string of the molecule is Cc1cc([N+](=O)[O-])ccc1S(=O)(=O)N1CCC[C@@H](N)C1.Cl. The zero-order valence-electron chi connectivity index (χ0n) is 11.6. The van der Waals surface area contributed by atoms with Crippen molar-refractivity contribution in [2.45, 2.75) is 30.7 Å². The number of halogens is 1. The molecule has 1 aromatic rings. The van der Waals surface area contributed by atoms with Gasteiger partial charge in [0.2, 0.25) is 10.0 Å². The smallest absolute Gasteiger partial charge is 0.269 e. The number of nitro benzene ring substituents is 1. The summed E-state index contributed by atoms with van der Waals surface area (Å²) in [6, 6.07) is 3.63. The number of hydrogen-bond donors (Lipinski definition) is 1. The third-order valence-corrected chi connectivity index (χ3v) is 5.43. The Bertz CT molecular complexity index is 635. The van der Waals surface area contributed by atoms with Crippen LogP contribution in [0.3, 0.4) is 0 Å². The highest BCUT2D eigenvalue weighted by atomic mass is 35.5. The molecule has 1 saturated heterocycles. The molecule has 1 aromatic carbocycles. The Morgan fingerprint density at radius 2 is 2.10 bits per heavy atom. The van der Waals surface area contributed by atoms with Gasteiger partial charge in [0.1, 0.15) is 0 Å². The van der Waals surface area contributed by atoms with Crippen LogP contribution in [0.15, 0.2) is 23.1 Å². The van der Waals surface area contributed by atoms with Crippen LogP contribution in [0.2, 0.25) is 0 Å². The van der Waals surface area contributed by atoms with Gasteiger partial charge in [0.05, 0.1) is 9.82 Å². The predicted molar refractivity (Wildman–Crippen MR) is 81.0 cm³/mol. The van der Waals surface area contributed by atoms with E-state index >= 15 is 0 Å². The number of non-ortho nitro benzene ring substituents is 1. The summed E-state index contributed by atoms with van der Waals surface area (Å²) in [6.45, 7) is 2.29. The summed E-state index contributed by atoms with van der Waals surface area (Å²) in [5.41, 5.74) is 6.07. The lowest BCUT2D eigenvalue weighted by Gasteiger charge is -2.30. The highest BCUT2D eigenvalue weighted by Gasteiger charge is 2.30. The van der Waals surface area contributed by atoms with Gasteiger partial charge in [-0.25, -0.2) is 8.42 Å². The van der Waals surface area contributed by atoms with Crippen molar-refractivity contribution in [3.8, 4) is 0 Å². The molecule has 2 N–H and O–H groups in total. The van der Waals surface area contributed by atoms with Crippen LogP contribution in [0.1, 0.15) is 18.4 Å². The van der Waals surface area contributed by atoms with Gasteiger partial charge in [-0.1, -0.05) is 0 Å². The largest absolute Gasteiger partial charge is 0.327 e. The molecule has 0 radical (unpaired) electrons. The van der Waals surface area contributed by atoms with E-state index in [0.717, 1.165) is 12.8 Å².